The van der Waals surface area contributed by atoms with Crippen LogP contribution in [-0.4, -0.2) is 24.8 Å². The fourth-order valence-corrected chi connectivity index (χ4v) is 3.21. The summed E-state index contributed by atoms with van der Waals surface area (Å²) in [6.45, 7) is 2.64. The Morgan fingerprint density at radius 3 is 2.71 bits per heavy atom. The van der Waals surface area contributed by atoms with Crippen LogP contribution in [0.5, 0.6) is 5.75 Å². The van der Waals surface area contributed by atoms with E-state index in [1.165, 1.54) is 18.4 Å². The lowest BCUT2D eigenvalue weighted by Crippen LogP contribution is -2.32. The number of carbonyl (C=O) groups excluding carboxylic acids is 1. The molecule has 2 rings (SSSR count). The maximum atomic E-state index is 12.1. The molecule has 1 aromatic rings. The standard InChI is InChI=1S/C17H23NO2S/c1-13(21-16-10-8-15(20-2)9-11-16)17(19)18-12-14-6-4-3-5-7-14/h6,8-11,13H,3-5,7,12H2,1-2H3,(H,18,19). The third-order valence-corrected chi connectivity index (χ3v) is 4.73. The van der Waals surface area contributed by atoms with Crippen molar-refractivity contribution in [3.05, 3.63) is 35.9 Å². The first-order valence-electron chi connectivity index (χ1n) is 7.45. The molecule has 1 atom stereocenters. The van der Waals surface area contributed by atoms with Crippen molar-refractivity contribution in [2.75, 3.05) is 13.7 Å². The van der Waals surface area contributed by atoms with E-state index in [0.29, 0.717) is 6.54 Å². The van der Waals surface area contributed by atoms with Crippen LogP contribution in [-0.2, 0) is 4.79 Å². The Hall–Kier alpha value is -1.42. The van der Waals surface area contributed by atoms with E-state index in [0.717, 1.165) is 23.5 Å². The highest BCUT2D eigenvalue weighted by atomic mass is 32.2. The minimum atomic E-state index is -0.0948. The molecule has 3 nitrogen and oxygen atoms in total. The van der Waals surface area contributed by atoms with Crippen LogP contribution in [0.2, 0.25) is 0 Å². The van der Waals surface area contributed by atoms with Crippen molar-refractivity contribution in [1.82, 2.24) is 5.32 Å². The van der Waals surface area contributed by atoms with Gasteiger partial charge >= 0.3 is 0 Å². The van der Waals surface area contributed by atoms with Crippen LogP contribution in [0.1, 0.15) is 32.6 Å². The van der Waals surface area contributed by atoms with E-state index in [1.807, 2.05) is 31.2 Å². The second-order valence-corrected chi connectivity index (χ2v) is 6.68. The first kappa shape index (κ1) is 16.0. The summed E-state index contributed by atoms with van der Waals surface area (Å²) >= 11 is 1.57. The van der Waals surface area contributed by atoms with Crippen molar-refractivity contribution in [2.24, 2.45) is 0 Å². The third-order valence-electron chi connectivity index (χ3n) is 3.62. The van der Waals surface area contributed by atoms with Crippen molar-refractivity contribution >= 4 is 17.7 Å². The van der Waals surface area contributed by atoms with Gasteiger partial charge in [-0.25, -0.2) is 0 Å². The number of hydrogen-bond acceptors (Lipinski definition) is 3. The number of methoxy groups -OCH3 is 1. The zero-order valence-corrected chi connectivity index (χ0v) is 13.5. The van der Waals surface area contributed by atoms with E-state index in [1.54, 1.807) is 18.9 Å². The Kier molecular flexibility index (Phi) is 6.18. The first-order valence-corrected chi connectivity index (χ1v) is 8.33. The average Bonchev–Trinajstić information content (AvgIpc) is 2.54. The number of nitrogens with one attached hydrogen (secondary N) is 1. The van der Waals surface area contributed by atoms with E-state index in [-0.39, 0.29) is 11.2 Å². The number of hydrogen-bond donors (Lipinski definition) is 1. The van der Waals surface area contributed by atoms with Gasteiger partial charge in [-0.05, 0) is 56.9 Å². The minimum Gasteiger partial charge on any atom is -0.497 e. The molecule has 0 bridgehead atoms. The van der Waals surface area contributed by atoms with Crippen LogP contribution in [0, 0.1) is 0 Å². The van der Waals surface area contributed by atoms with Gasteiger partial charge < -0.3 is 10.1 Å². The summed E-state index contributed by atoms with van der Waals surface area (Å²) in [5.74, 6) is 0.933. The first-order chi connectivity index (χ1) is 10.2. The number of carbonyl (C=O) groups is 1. The van der Waals surface area contributed by atoms with Crippen molar-refractivity contribution < 1.29 is 9.53 Å². The fourth-order valence-electron chi connectivity index (χ4n) is 2.32. The molecule has 0 fully saturated rings. The number of rotatable bonds is 6. The molecule has 0 aromatic heterocycles. The fraction of sp³-hybridized carbons (Fsp3) is 0.471. The van der Waals surface area contributed by atoms with Gasteiger partial charge in [0.2, 0.25) is 5.91 Å². The van der Waals surface area contributed by atoms with Gasteiger partial charge in [0, 0.05) is 11.4 Å². The topological polar surface area (TPSA) is 38.3 Å². The van der Waals surface area contributed by atoms with Gasteiger partial charge in [0.05, 0.1) is 12.4 Å². The Morgan fingerprint density at radius 1 is 1.33 bits per heavy atom. The highest BCUT2D eigenvalue weighted by Gasteiger charge is 2.15. The van der Waals surface area contributed by atoms with Gasteiger partial charge in [-0.2, -0.15) is 0 Å². The van der Waals surface area contributed by atoms with Crippen molar-refractivity contribution in [2.45, 2.75) is 42.8 Å². The Bertz CT molecular complexity index is 496. The number of allylic oxidation sites excluding steroid dienone is 1. The highest BCUT2D eigenvalue weighted by molar-refractivity contribution is 8.00. The Morgan fingerprint density at radius 2 is 2.10 bits per heavy atom. The molecule has 1 aliphatic rings. The molecule has 0 heterocycles. The quantitative estimate of drug-likeness (QED) is 0.642. The predicted molar refractivity (Wildman–Crippen MR) is 87.9 cm³/mol. The Labute approximate surface area is 131 Å². The van der Waals surface area contributed by atoms with E-state index >= 15 is 0 Å². The van der Waals surface area contributed by atoms with Gasteiger partial charge in [-0.1, -0.05) is 11.6 Å². The molecule has 4 heteroatoms. The second-order valence-electron chi connectivity index (χ2n) is 5.26. The summed E-state index contributed by atoms with van der Waals surface area (Å²) in [5, 5.41) is 2.95. The van der Waals surface area contributed by atoms with Crippen LogP contribution >= 0.6 is 11.8 Å². The van der Waals surface area contributed by atoms with Crippen LogP contribution in [0.3, 0.4) is 0 Å². The van der Waals surface area contributed by atoms with E-state index in [9.17, 15) is 4.79 Å². The van der Waals surface area contributed by atoms with Gasteiger partial charge in [-0.15, -0.1) is 11.8 Å². The molecule has 1 N–H and O–H groups in total. The molecule has 1 aliphatic carbocycles. The lowest BCUT2D eigenvalue weighted by Gasteiger charge is -2.16. The molecule has 0 radical (unpaired) electrons. The van der Waals surface area contributed by atoms with Crippen molar-refractivity contribution in [3.63, 3.8) is 0 Å². The maximum Gasteiger partial charge on any atom is 0.233 e. The normalized spacial score (nSPS) is 16.0. The van der Waals surface area contributed by atoms with Crippen LogP contribution in [0.4, 0.5) is 0 Å². The van der Waals surface area contributed by atoms with Crippen molar-refractivity contribution in [3.8, 4) is 5.75 Å². The summed E-state index contributed by atoms with van der Waals surface area (Å²) in [7, 11) is 1.65. The van der Waals surface area contributed by atoms with Crippen LogP contribution in [0.15, 0.2) is 40.8 Å². The molecule has 114 valence electrons. The van der Waals surface area contributed by atoms with E-state index in [4.69, 9.17) is 4.74 Å². The largest absolute Gasteiger partial charge is 0.497 e. The average molecular weight is 305 g/mol. The maximum absolute atomic E-state index is 12.1. The lowest BCUT2D eigenvalue weighted by atomic mass is 10.00. The summed E-state index contributed by atoms with van der Waals surface area (Å²) in [6.07, 6.45) is 7.08. The molecular weight excluding hydrogens is 282 g/mol. The van der Waals surface area contributed by atoms with Gasteiger partial charge in [-0.3, -0.25) is 4.79 Å². The zero-order chi connectivity index (χ0) is 15.1. The Balaban J connectivity index is 1.79. The predicted octanol–water partition coefficient (Wildman–Crippen LogP) is 3.79. The number of thioether (sulfide) groups is 1. The van der Waals surface area contributed by atoms with Gasteiger partial charge in [0.1, 0.15) is 5.75 Å². The molecule has 21 heavy (non-hydrogen) atoms. The molecule has 0 saturated carbocycles. The number of ether oxygens (including phenoxy) is 1. The molecule has 0 aliphatic heterocycles. The van der Waals surface area contributed by atoms with E-state index < -0.39 is 0 Å². The summed E-state index contributed by atoms with van der Waals surface area (Å²) in [5.41, 5.74) is 1.37. The zero-order valence-electron chi connectivity index (χ0n) is 12.7. The molecule has 0 spiro atoms. The molecule has 1 aromatic carbocycles. The molecular formula is C17H23NO2S. The SMILES string of the molecule is COc1ccc(SC(C)C(=O)NCC2=CCCCC2)cc1. The van der Waals surface area contributed by atoms with Gasteiger partial charge in [0.15, 0.2) is 0 Å². The number of benzene rings is 1. The highest BCUT2D eigenvalue weighted by Crippen LogP contribution is 2.25. The van der Waals surface area contributed by atoms with E-state index in [2.05, 4.69) is 11.4 Å². The van der Waals surface area contributed by atoms with Crippen molar-refractivity contribution in [1.29, 1.82) is 0 Å². The third kappa shape index (κ3) is 5.12. The molecule has 1 unspecified atom stereocenters. The summed E-state index contributed by atoms with van der Waals surface area (Å²) in [6, 6.07) is 7.80. The van der Waals surface area contributed by atoms with Gasteiger partial charge in [0.25, 0.3) is 0 Å². The monoisotopic (exact) mass is 305 g/mol. The summed E-state index contributed by atoms with van der Waals surface area (Å²) in [4.78, 5) is 13.2. The minimum absolute atomic E-state index is 0.0948. The molecule has 0 saturated heterocycles. The number of amides is 1. The molecule has 1 amide bonds. The van der Waals surface area contributed by atoms with Crippen LogP contribution < -0.4 is 10.1 Å². The lowest BCUT2D eigenvalue weighted by molar-refractivity contribution is -0.120. The smallest absolute Gasteiger partial charge is 0.233 e. The summed E-state index contributed by atoms with van der Waals surface area (Å²) < 4.78 is 5.13. The van der Waals surface area contributed by atoms with Crippen LogP contribution in [0.25, 0.3) is 0 Å². The second kappa shape index (κ2) is 8.13.